The van der Waals surface area contributed by atoms with Crippen LogP contribution in [0.4, 0.5) is 0 Å². The van der Waals surface area contributed by atoms with Gasteiger partial charge in [-0.1, -0.05) is 36.4 Å². The molecule has 0 spiro atoms. The second kappa shape index (κ2) is 7.90. The van der Waals surface area contributed by atoms with Gasteiger partial charge in [0.1, 0.15) is 0 Å². The van der Waals surface area contributed by atoms with E-state index in [9.17, 15) is 8.42 Å². The number of sulfone groups is 1. The minimum atomic E-state index is -3.27. The third-order valence-corrected chi connectivity index (χ3v) is 6.93. The van der Waals surface area contributed by atoms with Crippen molar-refractivity contribution in [3.05, 3.63) is 72.7 Å². The van der Waals surface area contributed by atoms with Crippen LogP contribution in [0.2, 0.25) is 0 Å². The van der Waals surface area contributed by atoms with Crippen LogP contribution in [0, 0.1) is 0 Å². The highest BCUT2D eigenvalue weighted by molar-refractivity contribution is 7.90. The number of benzene rings is 2. The fourth-order valence-corrected chi connectivity index (χ4v) is 4.79. The molecule has 2 aromatic heterocycles. The Kier molecular flexibility index (Phi) is 5.08. The summed E-state index contributed by atoms with van der Waals surface area (Å²) in [6.07, 6.45) is 9.34. The second-order valence-corrected chi connectivity index (χ2v) is 10.2. The predicted molar refractivity (Wildman–Crippen MR) is 121 cm³/mol. The van der Waals surface area contributed by atoms with Crippen molar-refractivity contribution in [3.8, 4) is 22.3 Å². The molecule has 0 amide bonds. The molecule has 158 valence electrons. The number of nitrogens with zero attached hydrogens (tertiary/aromatic N) is 4. The van der Waals surface area contributed by atoms with E-state index in [2.05, 4.69) is 39.2 Å². The van der Waals surface area contributed by atoms with E-state index in [1.165, 1.54) is 37.8 Å². The molecule has 6 nitrogen and oxygen atoms in total. The van der Waals surface area contributed by atoms with Gasteiger partial charge in [-0.05, 0) is 54.8 Å². The smallest absolute Gasteiger partial charge is 0.175 e. The molecule has 4 aromatic rings. The molecule has 7 heteroatoms. The van der Waals surface area contributed by atoms with Crippen LogP contribution in [0.3, 0.4) is 0 Å². The van der Waals surface area contributed by atoms with Gasteiger partial charge in [0, 0.05) is 36.3 Å². The lowest BCUT2D eigenvalue weighted by atomic mass is 10.1. The zero-order valence-electron chi connectivity index (χ0n) is 17.4. The van der Waals surface area contributed by atoms with Gasteiger partial charge in [0.25, 0.3) is 0 Å². The molecule has 1 saturated heterocycles. The van der Waals surface area contributed by atoms with Crippen molar-refractivity contribution in [1.29, 1.82) is 0 Å². The van der Waals surface area contributed by atoms with Crippen LogP contribution in [0.5, 0.6) is 0 Å². The molecule has 0 radical (unpaired) electrons. The lowest BCUT2D eigenvalue weighted by Crippen LogP contribution is -2.18. The van der Waals surface area contributed by atoms with E-state index in [1.54, 1.807) is 28.9 Å². The highest BCUT2D eigenvalue weighted by Crippen LogP contribution is 2.27. The molecule has 0 unspecified atom stereocenters. The van der Waals surface area contributed by atoms with Crippen molar-refractivity contribution < 1.29 is 8.42 Å². The number of hydrogen-bond donors (Lipinski definition) is 0. The Morgan fingerprint density at radius 1 is 0.935 bits per heavy atom. The molecule has 1 fully saturated rings. The Hall–Kier alpha value is -3.03. The number of rotatable bonds is 5. The monoisotopic (exact) mass is 432 g/mol. The Balaban J connectivity index is 1.43. The average Bonchev–Trinajstić information content (AvgIpc) is 3.43. The average molecular weight is 433 g/mol. The van der Waals surface area contributed by atoms with Gasteiger partial charge in [0.05, 0.1) is 11.1 Å². The van der Waals surface area contributed by atoms with Crippen LogP contribution in [0.15, 0.2) is 72.0 Å². The fourth-order valence-electron chi connectivity index (χ4n) is 4.12. The van der Waals surface area contributed by atoms with Crippen molar-refractivity contribution in [1.82, 2.24) is 19.5 Å². The van der Waals surface area contributed by atoms with Crippen LogP contribution < -0.4 is 0 Å². The second-order valence-electron chi connectivity index (χ2n) is 8.15. The molecule has 31 heavy (non-hydrogen) atoms. The Morgan fingerprint density at radius 2 is 1.71 bits per heavy atom. The van der Waals surface area contributed by atoms with E-state index in [-0.39, 0.29) is 4.90 Å². The molecule has 0 aliphatic carbocycles. The van der Waals surface area contributed by atoms with Crippen molar-refractivity contribution in [2.45, 2.75) is 24.3 Å². The summed E-state index contributed by atoms with van der Waals surface area (Å²) in [4.78, 5) is 7.41. The van der Waals surface area contributed by atoms with Crippen molar-refractivity contribution in [2.24, 2.45) is 0 Å². The van der Waals surface area contributed by atoms with Crippen LogP contribution in [0.25, 0.3) is 27.9 Å². The Morgan fingerprint density at radius 3 is 2.45 bits per heavy atom. The Labute approximate surface area is 182 Å². The van der Waals surface area contributed by atoms with Crippen LogP contribution in [-0.4, -0.2) is 47.3 Å². The summed E-state index contributed by atoms with van der Waals surface area (Å²) in [7, 11) is -3.27. The fraction of sp³-hybridized carbons (Fsp3) is 0.250. The Bertz CT molecular complexity index is 1340. The molecule has 3 heterocycles. The summed E-state index contributed by atoms with van der Waals surface area (Å²) in [5, 5.41) is 4.46. The first kappa shape index (κ1) is 19.9. The van der Waals surface area contributed by atoms with Gasteiger partial charge in [-0.3, -0.25) is 4.90 Å². The summed E-state index contributed by atoms with van der Waals surface area (Å²) in [5.41, 5.74) is 5.68. The molecular weight excluding hydrogens is 408 g/mol. The first-order chi connectivity index (χ1) is 15.0. The van der Waals surface area contributed by atoms with E-state index in [4.69, 9.17) is 0 Å². The molecule has 1 aliphatic rings. The lowest BCUT2D eigenvalue weighted by Gasteiger charge is -2.14. The first-order valence-electron chi connectivity index (χ1n) is 10.4. The number of hydrogen-bond acceptors (Lipinski definition) is 5. The zero-order chi connectivity index (χ0) is 21.4. The summed E-state index contributed by atoms with van der Waals surface area (Å²) >= 11 is 0. The minimum Gasteiger partial charge on any atom is -0.299 e. The van der Waals surface area contributed by atoms with Gasteiger partial charge in [0.2, 0.25) is 0 Å². The van der Waals surface area contributed by atoms with Crippen LogP contribution in [-0.2, 0) is 16.4 Å². The van der Waals surface area contributed by atoms with Gasteiger partial charge in [-0.2, -0.15) is 5.10 Å². The molecule has 0 N–H and O–H groups in total. The van der Waals surface area contributed by atoms with E-state index in [1.807, 2.05) is 18.5 Å². The summed E-state index contributed by atoms with van der Waals surface area (Å²) in [5.74, 6) is 0. The topological polar surface area (TPSA) is 67.6 Å². The highest BCUT2D eigenvalue weighted by Gasteiger charge is 2.14. The maximum absolute atomic E-state index is 11.9. The molecule has 1 aliphatic heterocycles. The van der Waals surface area contributed by atoms with E-state index in [0.29, 0.717) is 5.65 Å². The van der Waals surface area contributed by atoms with Gasteiger partial charge in [-0.15, -0.1) is 0 Å². The molecule has 0 bridgehead atoms. The molecule has 5 rings (SSSR count). The quantitative estimate of drug-likeness (QED) is 0.476. The molecule has 0 atom stereocenters. The largest absolute Gasteiger partial charge is 0.299 e. The van der Waals surface area contributed by atoms with Crippen molar-refractivity contribution in [3.63, 3.8) is 0 Å². The zero-order valence-corrected chi connectivity index (χ0v) is 18.2. The van der Waals surface area contributed by atoms with Crippen molar-refractivity contribution in [2.75, 3.05) is 19.3 Å². The van der Waals surface area contributed by atoms with Gasteiger partial charge in [0.15, 0.2) is 15.5 Å². The third-order valence-electron chi connectivity index (χ3n) is 5.82. The maximum atomic E-state index is 11.9. The van der Waals surface area contributed by atoms with Gasteiger partial charge in [-0.25, -0.2) is 17.9 Å². The standard InChI is InChI=1S/C24H24N4O2S/c1-31(29,30)22-6-4-5-20(13-22)23-15-26-28-17-21(14-25-24(23)28)19-9-7-18(8-10-19)16-27-11-2-3-12-27/h4-10,13-15,17H,2-3,11-12,16H2,1H3. The van der Waals surface area contributed by atoms with E-state index in [0.717, 1.165) is 28.8 Å². The van der Waals surface area contributed by atoms with Crippen LogP contribution in [0.1, 0.15) is 18.4 Å². The predicted octanol–water partition coefficient (Wildman–Crippen LogP) is 4.06. The van der Waals surface area contributed by atoms with E-state index >= 15 is 0 Å². The highest BCUT2D eigenvalue weighted by atomic mass is 32.2. The lowest BCUT2D eigenvalue weighted by molar-refractivity contribution is 0.331. The van der Waals surface area contributed by atoms with Crippen LogP contribution >= 0.6 is 0 Å². The number of aromatic nitrogens is 3. The number of fused-ring (bicyclic) bond motifs is 1. The van der Waals surface area contributed by atoms with Crippen molar-refractivity contribution >= 4 is 15.5 Å². The molecule has 0 saturated carbocycles. The summed E-state index contributed by atoms with van der Waals surface area (Å²) in [6, 6.07) is 15.5. The minimum absolute atomic E-state index is 0.287. The third kappa shape index (κ3) is 4.11. The SMILES string of the molecule is CS(=O)(=O)c1cccc(-c2cnn3cc(-c4ccc(CN5CCCC5)cc4)cnc23)c1. The van der Waals surface area contributed by atoms with Gasteiger partial charge < -0.3 is 0 Å². The molecular formula is C24H24N4O2S. The molecule has 2 aromatic carbocycles. The van der Waals surface area contributed by atoms with Gasteiger partial charge >= 0.3 is 0 Å². The maximum Gasteiger partial charge on any atom is 0.175 e. The summed E-state index contributed by atoms with van der Waals surface area (Å²) in [6.45, 7) is 3.39. The normalized spacial score (nSPS) is 15.0. The van der Waals surface area contributed by atoms with E-state index < -0.39 is 9.84 Å². The number of likely N-dealkylation sites (tertiary alicyclic amines) is 1. The summed E-state index contributed by atoms with van der Waals surface area (Å²) < 4.78 is 25.5. The first-order valence-corrected chi connectivity index (χ1v) is 12.3.